The van der Waals surface area contributed by atoms with Crippen molar-refractivity contribution in [3.63, 3.8) is 0 Å². The maximum Gasteiger partial charge on any atom is 0.0357 e. The van der Waals surface area contributed by atoms with Crippen molar-refractivity contribution in [1.29, 1.82) is 0 Å². The van der Waals surface area contributed by atoms with E-state index in [0.29, 0.717) is 5.54 Å². The van der Waals surface area contributed by atoms with Crippen molar-refractivity contribution in [2.45, 2.75) is 51.0 Å². The first-order valence-electron chi connectivity index (χ1n) is 8.18. The molecule has 3 heteroatoms. The van der Waals surface area contributed by atoms with Crippen LogP contribution in [0, 0.1) is 11.8 Å². The van der Waals surface area contributed by atoms with Crippen LogP contribution in [0.15, 0.2) is 0 Å². The molecule has 0 bridgehead atoms. The molecule has 0 radical (unpaired) electrons. The summed E-state index contributed by atoms with van der Waals surface area (Å²) in [6.45, 7) is 7.06. The Morgan fingerprint density at radius 1 is 1.16 bits per heavy atom. The number of piperidine rings is 1. The van der Waals surface area contributed by atoms with Crippen molar-refractivity contribution in [3.05, 3.63) is 0 Å². The zero-order valence-corrected chi connectivity index (χ0v) is 13.2. The third-order valence-electron chi connectivity index (χ3n) is 5.64. The summed E-state index contributed by atoms with van der Waals surface area (Å²) < 4.78 is 0. The highest BCUT2D eigenvalue weighted by atomic mass is 15.2. The molecule has 2 rings (SSSR count). The Morgan fingerprint density at radius 2 is 1.84 bits per heavy atom. The summed E-state index contributed by atoms with van der Waals surface area (Å²) >= 11 is 0. The van der Waals surface area contributed by atoms with Crippen LogP contribution in [0.25, 0.3) is 0 Å². The third-order valence-corrected chi connectivity index (χ3v) is 5.64. The standard InChI is InChI=1S/C16H33N3/c1-14-6-4-5-9-16(14,13-17)19-10-7-15(8-11-19)12-18(2)3/h14-15H,4-13,17H2,1-3H3. The number of hydrogen-bond donors (Lipinski definition) is 1. The van der Waals surface area contributed by atoms with Gasteiger partial charge in [0, 0.05) is 18.6 Å². The van der Waals surface area contributed by atoms with Crippen molar-refractivity contribution in [3.8, 4) is 0 Å². The van der Waals surface area contributed by atoms with Gasteiger partial charge in [0.05, 0.1) is 0 Å². The van der Waals surface area contributed by atoms with Crippen LogP contribution in [0.2, 0.25) is 0 Å². The Kier molecular flexibility index (Phi) is 5.27. The molecule has 0 spiro atoms. The second kappa shape index (κ2) is 6.55. The minimum Gasteiger partial charge on any atom is -0.329 e. The summed E-state index contributed by atoms with van der Waals surface area (Å²) in [5, 5.41) is 0. The summed E-state index contributed by atoms with van der Waals surface area (Å²) in [4.78, 5) is 5.09. The highest BCUT2D eigenvalue weighted by Gasteiger charge is 2.42. The number of nitrogens with two attached hydrogens (primary N) is 1. The van der Waals surface area contributed by atoms with Crippen LogP contribution in [0.1, 0.15) is 45.4 Å². The number of likely N-dealkylation sites (tertiary alicyclic amines) is 1. The van der Waals surface area contributed by atoms with Crippen molar-refractivity contribution >= 4 is 0 Å². The predicted molar refractivity (Wildman–Crippen MR) is 82.3 cm³/mol. The number of hydrogen-bond acceptors (Lipinski definition) is 3. The lowest BCUT2D eigenvalue weighted by atomic mass is 9.71. The van der Waals surface area contributed by atoms with Gasteiger partial charge in [-0.2, -0.15) is 0 Å². The molecule has 0 aromatic rings. The van der Waals surface area contributed by atoms with Gasteiger partial charge < -0.3 is 10.6 Å². The lowest BCUT2D eigenvalue weighted by Crippen LogP contribution is -2.61. The highest BCUT2D eigenvalue weighted by molar-refractivity contribution is 4.99. The first kappa shape index (κ1) is 15.3. The first-order chi connectivity index (χ1) is 9.08. The lowest BCUT2D eigenvalue weighted by molar-refractivity contribution is -0.0118. The average Bonchev–Trinajstić information content (AvgIpc) is 2.40. The number of nitrogens with zero attached hydrogens (tertiary/aromatic N) is 2. The van der Waals surface area contributed by atoms with E-state index in [0.717, 1.165) is 18.4 Å². The monoisotopic (exact) mass is 267 g/mol. The van der Waals surface area contributed by atoms with Crippen LogP contribution in [-0.4, -0.2) is 55.6 Å². The first-order valence-corrected chi connectivity index (χ1v) is 8.18. The molecular formula is C16H33N3. The van der Waals surface area contributed by atoms with Crippen molar-refractivity contribution in [1.82, 2.24) is 9.80 Å². The molecule has 0 aromatic carbocycles. The van der Waals surface area contributed by atoms with Crippen molar-refractivity contribution < 1.29 is 0 Å². The molecule has 1 saturated carbocycles. The van der Waals surface area contributed by atoms with Gasteiger partial charge in [0.15, 0.2) is 0 Å². The molecule has 2 N–H and O–H groups in total. The largest absolute Gasteiger partial charge is 0.329 e. The molecule has 0 amide bonds. The van der Waals surface area contributed by atoms with Crippen molar-refractivity contribution in [2.24, 2.45) is 17.6 Å². The van der Waals surface area contributed by atoms with Crippen LogP contribution in [0.4, 0.5) is 0 Å². The van der Waals surface area contributed by atoms with Crippen LogP contribution < -0.4 is 5.73 Å². The van der Waals surface area contributed by atoms with Gasteiger partial charge in [0.2, 0.25) is 0 Å². The molecule has 2 unspecified atom stereocenters. The van der Waals surface area contributed by atoms with Crippen LogP contribution >= 0.6 is 0 Å². The van der Waals surface area contributed by atoms with E-state index in [4.69, 9.17) is 5.73 Å². The molecule has 1 aliphatic heterocycles. The van der Waals surface area contributed by atoms with E-state index in [1.165, 1.54) is 58.2 Å². The Morgan fingerprint density at radius 3 is 2.37 bits per heavy atom. The van der Waals surface area contributed by atoms with E-state index in [-0.39, 0.29) is 0 Å². The molecule has 2 atom stereocenters. The Hall–Kier alpha value is -0.120. The van der Waals surface area contributed by atoms with Crippen LogP contribution in [-0.2, 0) is 0 Å². The van der Waals surface area contributed by atoms with Gasteiger partial charge in [0.25, 0.3) is 0 Å². The molecule has 1 aliphatic carbocycles. The smallest absolute Gasteiger partial charge is 0.0357 e. The maximum absolute atomic E-state index is 6.22. The van der Waals surface area contributed by atoms with Crippen molar-refractivity contribution in [2.75, 3.05) is 40.3 Å². The van der Waals surface area contributed by atoms with Crippen LogP contribution in [0.5, 0.6) is 0 Å². The second-order valence-corrected chi connectivity index (χ2v) is 7.15. The minimum atomic E-state index is 0.321. The molecular weight excluding hydrogens is 234 g/mol. The molecule has 3 nitrogen and oxygen atoms in total. The maximum atomic E-state index is 6.22. The van der Waals surface area contributed by atoms with E-state index in [9.17, 15) is 0 Å². The van der Waals surface area contributed by atoms with Gasteiger partial charge in [-0.25, -0.2) is 0 Å². The summed E-state index contributed by atoms with van der Waals surface area (Å²) in [5.74, 6) is 1.66. The number of rotatable bonds is 4. The highest BCUT2D eigenvalue weighted by Crippen LogP contribution is 2.39. The molecule has 2 aliphatic rings. The Bertz CT molecular complexity index is 271. The van der Waals surface area contributed by atoms with Gasteiger partial charge in [-0.3, -0.25) is 4.90 Å². The fraction of sp³-hybridized carbons (Fsp3) is 1.00. The van der Waals surface area contributed by atoms with Gasteiger partial charge in [0.1, 0.15) is 0 Å². The van der Waals surface area contributed by atoms with E-state index in [1.54, 1.807) is 0 Å². The normalized spacial score (nSPS) is 34.9. The fourth-order valence-corrected chi connectivity index (χ4v) is 4.38. The minimum absolute atomic E-state index is 0.321. The average molecular weight is 267 g/mol. The van der Waals surface area contributed by atoms with Gasteiger partial charge in [-0.1, -0.05) is 19.8 Å². The summed E-state index contributed by atoms with van der Waals surface area (Å²) in [5.41, 5.74) is 6.55. The van der Waals surface area contributed by atoms with Gasteiger partial charge in [-0.05, 0) is 64.7 Å². The third kappa shape index (κ3) is 3.32. The molecule has 0 aromatic heterocycles. The van der Waals surface area contributed by atoms with Gasteiger partial charge in [-0.15, -0.1) is 0 Å². The zero-order valence-electron chi connectivity index (χ0n) is 13.2. The lowest BCUT2D eigenvalue weighted by Gasteiger charge is -2.52. The zero-order chi connectivity index (χ0) is 13.9. The van der Waals surface area contributed by atoms with E-state index in [1.807, 2.05) is 0 Å². The molecule has 1 heterocycles. The van der Waals surface area contributed by atoms with E-state index >= 15 is 0 Å². The molecule has 1 saturated heterocycles. The van der Waals surface area contributed by atoms with E-state index < -0.39 is 0 Å². The molecule has 19 heavy (non-hydrogen) atoms. The van der Waals surface area contributed by atoms with Gasteiger partial charge >= 0.3 is 0 Å². The Balaban J connectivity index is 1.94. The topological polar surface area (TPSA) is 32.5 Å². The van der Waals surface area contributed by atoms with Crippen LogP contribution in [0.3, 0.4) is 0 Å². The molecule has 112 valence electrons. The summed E-state index contributed by atoms with van der Waals surface area (Å²) in [6.07, 6.45) is 8.18. The molecule has 2 fully saturated rings. The predicted octanol–water partition coefficient (Wildman–Crippen LogP) is 2.17. The second-order valence-electron chi connectivity index (χ2n) is 7.15. The van der Waals surface area contributed by atoms with E-state index in [2.05, 4.69) is 30.8 Å². The summed E-state index contributed by atoms with van der Waals surface area (Å²) in [6, 6.07) is 0. The quantitative estimate of drug-likeness (QED) is 0.847. The Labute approximate surface area is 119 Å². The fourth-order valence-electron chi connectivity index (χ4n) is 4.38. The SMILES string of the molecule is CC1CCCCC1(CN)N1CCC(CN(C)C)CC1. The summed E-state index contributed by atoms with van der Waals surface area (Å²) in [7, 11) is 4.38.